The van der Waals surface area contributed by atoms with Crippen LogP contribution in [-0.4, -0.2) is 42.4 Å². The zero-order valence-electron chi connectivity index (χ0n) is 16.2. The molecule has 3 aromatic rings. The van der Waals surface area contributed by atoms with Crippen LogP contribution in [0.15, 0.2) is 64.7 Å². The van der Waals surface area contributed by atoms with Crippen LogP contribution in [0.3, 0.4) is 0 Å². The minimum Gasteiger partial charge on any atom is -0.497 e. The van der Waals surface area contributed by atoms with Crippen molar-refractivity contribution in [1.29, 1.82) is 0 Å². The zero-order valence-corrected chi connectivity index (χ0v) is 17.1. The van der Waals surface area contributed by atoms with E-state index in [1.807, 2.05) is 0 Å². The number of rotatable bonds is 8. The predicted molar refractivity (Wildman–Crippen MR) is 111 cm³/mol. The van der Waals surface area contributed by atoms with Gasteiger partial charge in [-0.05, 0) is 42.5 Å². The molecule has 7 nitrogen and oxygen atoms in total. The summed E-state index contributed by atoms with van der Waals surface area (Å²) in [6.45, 7) is 0. The van der Waals surface area contributed by atoms with Gasteiger partial charge in [-0.2, -0.15) is 0 Å². The number of thioether (sulfide) groups is 1. The van der Waals surface area contributed by atoms with E-state index in [1.54, 1.807) is 55.8 Å². The number of benzene rings is 2. The van der Waals surface area contributed by atoms with Crippen molar-refractivity contribution < 1.29 is 19.0 Å². The van der Waals surface area contributed by atoms with Crippen LogP contribution in [0.5, 0.6) is 17.2 Å². The Kier molecular flexibility index (Phi) is 6.56. The number of ketones is 1. The van der Waals surface area contributed by atoms with E-state index in [9.17, 15) is 9.59 Å². The maximum Gasteiger partial charge on any atom is 0.287 e. The number of carbonyl (C=O) groups excluding carboxylic acids is 1. The Morgan fingerprint density at radius 3 is 2.38 bits per heavy atom. The zero-order chi connectivity index (χ0) is 20.8. The minimum atomic E-state index is -0.289. The summed E-state index contributed by atoms with van der Waals surface area (Å²) in [6, 6.07) is 12.1. The molecule has 0 saturated carbocycles. The van der Waals surface area contributed by atoms with Crippen molar-refractivity contribution in [2.45, 2.75) is 5.03 Å². The van der Waals surface area contributed by atoms with Crippen LogP contribution in [0.1, 0.15) is 10.4 Å². The molecule has 150 valence electrons. The van der Waals surface area contributed by atoms with Gasteiger partial charge < -0.3 is 14.2 Å². The van der Waals surface area contributed by atoms with Gasteiger partial charge in [0, 0.05) is 23.6 Å². The van der Waals surface area contributed by atoms with Crippen LogP contribution in [0, 0.1) is 0 Å². The molecular weight excluding hydrogens is 392 g/mol. The summed E-state index contributed by atoms with van der Waals surface area (Å²) in [5, 5.41) is 0.247. The second-order valence-corrected chi connectivity index (χ2v) is 6.85. The number of carbonyl (C=O) groups is 1. The van der Waals surface area contributed by atoms with E-state index in [0.29, 0.717) is 28.5 Å². The lowest BCUT2D eigenvalue weighted by Gasteiger charge is -2.09. The molecule has 29 heavy (non-hydrogen) atoms. The standard InChI is InChI=1S/C21H20N2O5S/c1-26-16-7-5-15(6-8-16)23-11-10-22-20(21(23)25)29-13-17(24)14-4-9-18(27-2)19(12-14)28-3/h4-12H,13H2,1-3H3. The van der Waals surface area contributed by atoms with Crippen LogP contribution >= 0.6 is 11.8 Å². The Morgan fingerprint density at radius 2 is 1.72 bits per heavy atom. The summed E-state index contributed by atoms with van der Waals surface area (Å²) < 4.78 is 17.0. The van der Waals surface area contributed by atoms with Crippen LogP contribution in [0.25, 0.3) is 5.69 Å². The van der Waals surface area contributed by atoms with Gasteiger partial charge in [0.05, 0.1) is 27.1 Å². The van der Waals surface area contributed by atoms with Gasteiger partial charge in [-0.1, -0.05) is 11.8 Å². The molecule has 3 rings (SSSR count). The third-order valence-corrected chi connectivity index (χ3v) is 5.17. The van der Waals surface area contributed by atoms with Crippen LogP contribution in [-0.2, 0) is 0 Å². The molecule has 1 heterocycles. The first-order valence-electron chi connectivity index (χ1n) is 8.67. The summed E-state index contributed by atoms with van der Waals surface area (Å²) in [6.07, 6.45) is 3.12. The number of hydrogen-bond donors (Lipinski definition) is 0. The molecule has 0 spiro atoms. The summed E-state index contributed by atoms with van der Waals surface area (Å²) in [5.74, 6) is 1.65. The molecular formula is C21H20N2O5S. The molecule has 0 aliphatic heterocycles. The average Bonchev–Trinajstić information content (AvgIpc) is 2.77. The minimum absolute atomic E-state index is 0.0738. The third kappa shape index (κ3) is 4.60. The molecule has 0 fully saturated rings. The Balaban J connectivity index is 1.77. The van der Waals surface area contributed by atoms with Crippen molar-refractivity contribution in [3.63, 3.8) is 0 Å². The number of aromatic nitrogens is 2. The van der Waals surface area contributed by atoms with Crippen molar-refractivity contribution in [3.8, 4) is 22.9 Å². The lowest BCUT2D eigenvalue weighted by Crippen LogP contribution is -2.21. The van der Waals surface area contributed by atoms with Crippen LogP contribution in [0.4, 0.5) is 0 Å². The molecule has 0 amide bonds. The predicted octanol–water partition coefficient (Wildman–Crippen LogP) is 3.23. The van der Waals surface area contributed by atoms with Crippen molar-refractivity contribution >= 4 is 17.5 Å². The van der Waals surface area contributed by atoms with Crippen molar-refractivity contribution in [3.05, 3.63) is 70.8 Å². The molecule has 1 aromatic heterocycles. The second kappa shape index (κ2) is 9.29. The molecule has 8 heteroatoms. The summed E-state index contributed by atoms with van der Waals surface area (Å²) >= 11 is 1.10. The fourth-order valence-corrected chi connectivity index (χ4v) is 3.46. The largest absolute Gasteiger partial charge is 0.497 e. The first-order valence-corrected chi connectivity index (χ1v) is 9.66. The Hall–Kier alpha value is -3.26. The Bertz CT molecular complexity index is 1060. The molecule has 0 unspecified atom stereocenters. The maximum atomic E-state index is 12.8. The number of ether oxygens (including phenoxy) is 3. The summed E-state index contributed by atoms with van der Waals surface area (Å²) in [5.41, 5.74) is 0.871. The first-order chi connectivity index (χ1) is 14.1. The Labute approximate surface area is 172 Å². The number of hydrogen-bond acceptors (Lipinski definition) is 7. The van der Waals surface area contributed by atoms with E-state index in [0.717, 1.165) is 11.8 Å². The van der Waals surface area contributed by atoms with Crippen molar-refractivity contribution in [2.75, 3.05) is 27.1 Å². The van der Waals surface area contributed by atoms with Gasteiger partial charge in [-0.3, -0.25) is 14.2 Å². The highest BCUT2D eigenvalue weighted by molar-refractivity contribution is 7.99. The number of nitrogens with zero attached hydrogens (tertiary/aromatic N) is 2. The third-order valence-electron chi connectivity index (χ3n) is 4.21. The van der Waals surface area contributed by atoms with Gasteiger partial charge in [0.25, 0.3) is 5.56 Å². The SMILES string of the molecule is COc1ccc(-n2ccnc(SCC(=O)c3ccc(OC)c(OC)c3)c2=O)cc1. The van der Waals surface area contributed by atoms with Gasteiger partial charge in [-0.15, -0.1) is 0 Å². The lowest BCUT2D eigenvalue weighted by molar-refractivity contribution is 0.102. The molecule has 2 aromatic carbocycles. The van der Waals surface area contributed by atoms with E-state index in [4.69, 9.17) is 14.2 Å². The van der Waals surface area contributed by atoms with E-state index in [1.165, 1.54) is 25.0 Å². The lowest BCUT2D eigenvalue weighted by atomic mass is 10.1. The van der Waals surface area contributed by atoms with Gasteiger partial charge in [0.15, 0.2) is 22.3 Å². The molecule has 0 atom stereocenters. The average molecular weight is 412 g/mol. The molecule has 0 bridgehead atoms. The molecule has 0 radical (unpaired) electrons. The van der Waals surface area contributed by atoms with Crippen LogP contribution < -0.4 is 19.8 Å². The van der Waals surface area contributed by atoms with Gasteiger partial charge in [-0.25, -0.2) is 4.98 Å². The molecule has 0 aliphatic carbocycles. The fourth-order valence-electron chi connectivity index (χ4n) is 2.67. The molecule has 0 aliphatic rings. The quantitative estimate of drug-likeness (QED) is 0.415. The highest BCUT2D eigenvalue weighted by atomic mass is 32.2. The van der Waals surface area contributed by atoms with Crippen molar-refractivity contribution in [2.24, 2.45) is 0 Å². The van der Waals surface area contributed by atoms with E-state index >= 15 is 0 Å². The summed E-state index contributed by atoms with van der Waals surface area (Å²) in [4.78, 5) is 29.4. The number of methoxy groups -OCH3 is 3. The maximum absolute atomic E-state index is 12.8. The molecule has 0 saturated heterocycles. The topological polar surface area (TPSA) is 79.7 Å². The molecule has 0 N–H and O–H groups in total. The monoisotopic (exact) mass is 412 g/mol. The highest BCUT2D eigenvalue weighted by Gasteiger charge is 2.14. The Morgan fingerprint density at radius 1 is 1.00 bits per heavy atom. The smallest absolute Gasteiger partial charge is 0.287 e. The first kappa shape index (κ1) is 20.5. The normalized spacial score (nSPS) is 10.4. The van der Waals surface area contributed by atoms with Gasteiger partial charge >= 0.3 is 0 Å². The fraction of sp³-hybridized carbons (Fsp3) is 0.190. The second-order valence-electron chi connectivity index (χ2n) is 5.89. The van der Waals surface area contributed by atoms with E-state index in [-0.39, 0.29) is 22.1 Å². The van der Waals surface area contributed by atoms with E-state index < -0.39 is 0 Å². The van der Waals surface area contributed by atoms with Crippen LogP contribution in [0.2, 0.25) is 0 Å². The number of Topliss-reactive ketones (excluding diaryl/α,β-unsaturated/α-hetero) is 1. The van der Waals surface area contributed by atoms with Crippen molar-refractivity contribution in [1.82, 2.24) is 9.55 Å². The highest BCUT2D eigenvalue weighted by Crippen LogP contribution is 2.28. The van der Waals surface area contributed by atoms with Gasteiger partial charge in [0.1, 0.15) is 5.75 Å². The van der Waals surface area contributed by atoms with Gasteiger partial charge in [0.2, 0.25) is 0 Å². The van der Waals surface area contributed by atoms with E-state index in [2.05, 4.69) is 4.98 Å². The summed E-state index contributed by atoms with van der Waals surface area (Å²) in [7, 11) is 4.62.